The van der Waals surface area contributed by atoms with Gasteiger partial charge in [0.05, 0.1) is 0 Å². The molecule has 1 aromatic carbocycles. The molecule has 15 heavy (non-hydrogen) atoms. The molecule has 0 nitrogen and oxygen atoms in total. The maximum atomic E-state index is 2.49. The van der Waals surface area contributed by atoms with E-state index in [1.54, 1.807) is 3.20 Å². The zero-order valence-electron chi connectivity index (χ0n) is 9.45. The summed E-state index contributed by atoms with van der Waals surface area (Å²) < 4.78 is 4.29. The first-order valence-corrected chi connectivity index (χ1v) is 11.2. The van der Waals surface area contributed by atoms with Crippen LogP contribution in [0.1, 0.15) is 0 Å². The van der Waals surface area contributed by atoms with Crippen molar-refractivity contribution < 1.29 is 0 Å². The molecule has 0 spiro atoms. The summed E-state index contributed by atoms with van der Waals surface area (Å²) in [6.45, 7) is 7.35. The van der Waals surface area contributed by atoms with Gasteiger partial charge in [0.1, 0.15) is 0 Å². The quantitative estimate of drug-likeness (QED) is 0.744. The van der Waals surface area contributed by atoms with Crippen molar-refractivity contribution in [3.63, 3.8) is 0 Å². The van der Waals surface area contributed by atoms with Gasteiger partial charge in [-0.2, -0.15) is 0 Å². The molecular weight excluding hydrogens is 312 g/mol. The normalized spacial score (nSPS) is 11.7. The molecule has 0 N–H and O–H groups in total. The van der Waals surface area contributed by atoms with Crippen molar-refractivity contribution in [3.8, 4) is 11.1 Å². The van der Waals surface area contributed by atoms with Gasteiger partial charge in [0.25, 0.3) is 0 Å². The van der Waals surface area contributed by atoms with Crippen LogP contribution >= 0.6 is 0 Å². The average molecular weight is 328 g/mol. The predicted octanol–water partition coefficient (Wildman–Crippen LogP) is 2.96. The zero-order chi connectivity index (χ0) is 10.9. The molecule has 0 saturated heterocycles. The summed E-state index contributed by atoms with van der Waals surface area (Å²) in [6.07, 6.45) is 0. The van der Waals surface area contributed by atoms with Gasteiger partial charge in [0.2, 0.25) is 0 Å². The van der Waals surface area contributed by atoms with E-state index in [1.165, 1.54) is 11.1 Å². The molecule has 0 atom stereocenters. The summed E-state index contributed by atoms with van der Waals surface area (Å²) >= 11 is 0.00218. The first-order chi connectivity index (χ1) is 7.07. The summed E-state index contributed by atoms with van der Waals surface area (Å²) in [7, 11) is -1.03. The van der Waals surface area contributed by atoms with E-state index in [4.69, 9.17) is 0 Å². The summed E-state index contributed by atoms with van der Waals surface area (Å²) in [4.78, 5) is 0. The van der Waals surface area contributed by atoms with Gasteiger partial charge in [-0.25, -0.2) is 0 Å². The Kier molecular flexibility index (Phi) is 3.20. The molecule has 2 heteroatoms. The zero-order valence-corrected chi connectivity index (χ0v) is 12.8. The molecular formula is C13H16SiTe. The van der Waals surface area contributed by atoms with Crippen LogP contribution < -0.4 is 3.20 Å². The molecule has 2 aromatic rings. The fourth-order valence-corrected chi connectivity index (χ4v) is 7.74. The molecule has 1 aromatic heterocycles. The molecule has 2 rings (SSSR count). The molecule has 0 bridgehead atoms. The van der Waals surface area contributed by atoms with Crippen LogP contribution in [0.15, 0.2) is 40.5 Å². The standard InChI is InChI=1S/C13H16SiTe/c1-14(2,3)13-9-12(10-15-13)11-7-5-4-6-8-11/h4-10H,1-3H3. The Morgan fingerprint density at radius 2 is 1.60 bits per heavy atom. The first-order valence-electron chi connectivity index (χ1n) is 5.22. The second-order valence-corrected chi connectivity index (χ2v) is 13.6. The van der Waals surface area contributed by atoms with Gasteiger partial charge in [-0.15, -0.1) is 0 Å². The molecule has 0 radical (unpaired) electrons. The number of hydrogen-bond donors (Lipinski definition) is 0. The van der Waals surface area contributed by atoms with E-state index in [9.17, 15) is 0 Å². The summed E-state index contributed by atoms with van der Waals surface area (Å²) in [5.74, 6) is 0. The minimum absolute atomic E-state index is 0.00218. The minimum atomic E-state index is -1.03. The molecule has 0 amide bonds. The van der Waals surface area contributed by atoms with E-state index < -0.39 is 8.07 Å². The van der Waals surface area contributed by atoms with Gasteiger partial charge in [-0.3, -0.25) is 0 Å². The fraction of sp³-hybridized carbons (Fsp3) is 0.231. The summed E-state index contributed by atoms with van der Waals surface area (Å²) in [5.41, 5.74) is 2.85. The molecule has 1 heterocycles. The van der Waals surface area contributed by atoms with Crippen molar-refractivity contribution >= 4 is 31.7 Å². The van der Waals surface area contributed by atoms with E-state index in [-0.39, 0.29) is 20.4 Å². The van der Waals surface area contributed by atoms with Gasteiger partial charge >= 0.3 is 103 Å². The van der Waals surface area contributed by atoms with Crippen molar-refractivity contribution in [2.75, 3.05) is 0 Å². The Balaban J connectivity index is 2.37. The van der Waals surface area contributed by atoms with Crippen LogP contribution in [0.2, 0.25) is 19.6 Å². The van der Waals surface area contributed by atoms with E-state index in [2.05, 4.69) is 60.1 Å². The van der Waals surface area contributed by atoms with Crippen LogP contribution in [0, 0.1) is 0 Å². The van der Waals surface area contributed by atoms with E-state index >= 15 is 0 Å². The summed E-state index contributed by atoms with van der Waals surface area (Å²) in [5, 5.41) is 0. The van der Waals surface area contributed by atoms with Crippen LogP contribution in [-0.4, -0.2) is 28.5 Å². The topological polar surface area (TPSA) is 0 Å². The third kappa shape index (κ3) is 2.63. The Morgan fingerprint density at radius 1 is 0.933 bits per heavy atom. The van der Waals surface area contributed by atoms with E-state index in [0.29, 0.717) is 0 Å². The molecule has 78 valence electrons. The Morgan fingerprint density at radius 3 is 2.13 bits per heavy atom. The number of hydrogen-bond acceptors (Lipinski definition) is 0. The second-order valence-electron chi connectivity index (χ2n) is 4.82. The van der Waals surface area contributed by atoms with Gasteiger partial charge < -0.3 is 0 Å². The molecule has 0 aliphatic rings. The van der Waals surface area contributed by atoms with Gasteiger partial charge in [0.15, 0.2) is 0 Å². The fourth-order valence-electron chi connectivity index (χ4n) is 1.51. The maximum absolute atomic E-state index is 2.49. The third-order valence-electron chi connectivity index (χ3n) is 2.45. The van der Waals surface area contributed by atoms with Crippen LogP contribution in [0.4, 0.5) is 0 Å². The SMILES string of the molecule is C[Si](C)(C)c1cc(-c2ccccc2)c[te]1. The molecule has 0 fully saturated rings. The number of benzene rings is 1. The summed E-state index contributed by atoms with van der Waals surface area (Å²) in [6, 6.07) is 13.2. The van der Waals surface area contributed by atoms with Crippen molar-refractivity contribution in [3.05, 3.63) is 40.5 Å². The van der Waals surface area contributed by atoms with Crippen molar-refractivity contribution in [2.45, 2.75) is 19.6 Å². The van der Waals surface area contributed by atoms with Crippen LogP contribution in [-0.2, 0) is 0 Å². The number of rotatable bonds is 2. The second kappa shape index (κ2) is 4.29. The average Bonchev–Trinajstić information content (AvgIpc) is 2.67. The Hall–Kier alpha value is -0.294. The molecule has 0 aliphatic carbocycles. The van der Waals surface area contributed by atoms with Crippen molar-refractivity contribution in [1.29, 1.82) is 0 Å². The third-order valence-corrected chi connectivity index (χ3v) is 12.2. The monoisotopic (exact) mass is 330 g/mol. The molecule has 0 saturated carbocycles. The van der Waals surface area contributed by atoms with Crippen LogP contribution in [0.25, 0.3) is 11.1 Å². The molecule has 0 unspecified atom stereocenters. The van der Waals surface area contributed by atoms with Crippen molar-refractivity contribution in [2.24, 2.45) is 0 Å². The Labute approximate surface area is 103 Å². The van der Waals surface area contributed by atoms with Crippen LogP contribution in [0.5, 0.6) is 0 Å². The molecule has 0 aliphatic heterocycles. The Bertz CT molecular complexity index is 437. The first kappa shape index (κ1) is 11.2. The van der Waals surface area contributed by atoms with Gasteiger partial charge in [-0.05, 0) is 0 Å². The van der Waals surface area contributed by atoms with Crippen LogP contribution in [0.3, 0.4) is 0 Å². The van der Waals surface area contributed by atoms with Gasteiger partial charge in [-0.1, -0.05) is 0 Å². The van der Waals surface area contributed by atoms with Gasteiger partial charge in [0, 0.05) is 0 Å². The predicted molar refractivity (Wildman–Crippen MR) is 71.8 cm³/mol. The van der Waals surface area contributed by atoms with E-state index in [1.807, 2.05) is 0 Å². The van der Waals surface area contributed by atoms with E-state index in [0.717, 1.165) is 0 Å². The van der Waals surface area contributed by atoms with Crippen molar-refractivity contribution in [1.82, 2.24) is 0 Å².